The Morgan fingerprint density at radius 2 is 2.12 bits per heavy atom. The molecule has 1 heterocycles. The van der Waals surface area contributed by atoms with Crippen LogP contribution in [-0.4, -0.2) is 10.9 Å². The van der Waals surface area contributed by atoms with E-state index in [0.29, 0.717) is 11.6 Å². The van der Waals surface area contributed by atoms with Crippen LogP contribution >= 0.6 is 11.3 Å². The average Bonchev–Trinajstić information content (AvgIpc) is 2.81. The third-order valence-electron chi connectivity index (χ3n) is 2.20. The number of aryl methyl sites for hydroxylation is 1. The van der Waals surface area contributed by atoms with Crippen molar-refractivity contribution in [2.24, 2.45) is 0 Å². The Morgan fingerprint density at radius 3 is 2.75 bits per heavy atom. The van der Waals surface area contributed by atoms with Crippen LogP contribution in [0.2, 0.25) is 0 Å². The summed E-state index contributed by atoms with van der Waals surface area (Å²) in [6.07, 6.45) is 1.63. The predicted molar refractivity (Wildman–Crippen MR) is 64.5 cm³/mol. The standard InChI is InChI=1S/C12H12N2OS/c1-9-2-4-10(5-3-9)8-14-11(15)12-13-6-7-16-12/h2-7H,8H2,1H3,(H,14,15). The third-order valence-corrected chi connectivity index (χ3v) is 2.97. The Hall–Kier alpha value is -1.68. The molecule has 1 amide bonds. The van der Waals surface area contributed by atoms with Gasteiger partial charge in [-0.25, -0.2) is 4.98 Å². The first-order valence-corrected chi connectivity index (χ1v) is 5.87. The molecule has 1 aromatic carbocycles. The summed E-state index contributed by atoms with van der Waals surface area (Å²) in [6, 6.07) is 8.09. The predicted octanol–water partition coefficient (Wildman–Crippen LogP) is 2.38. The zero-order valence-corrected chi connectivity index (χ0v) is 9.75. The van der Waals surface area contributed by atoms with E-state index in [1.807, 2.05) is 31.2 Å². The van der Waals surface area contributed by atoms with Crippen molar-refractivity contribution in [3.05, 3.63) is 52.0 Å². The summed E-state index contributed by atoms with van der Waals surface area (Å²) in [6.45, 7) is 2.58. The molecular formula is C12H12N2OS. The molecular weight excluding hydrogens is 220 g/mol. The number of nitrogens with zero attached hydrogens (tertiary/aromatic N) is 1. The highest BCUT2D eigenvalue weighted by molar-refractivity contribution is 7.11. The first-order valence-electron chi connectivity index (χ1n) is 4.99. The number of nitrogens with one attached hydrogen (secondary N) is 1. The van der Waals surface area contributed by atoms with E-state index in [-0.39, 0.29) is 5.91 Å². The first kappa shape index (κ1) is 10.8. The number of benzene rings is 1. The van der Waals surface area contributed by atoms with E-state index in [1.165, 1.54) is 16.9 Å². The maximum absolute atomic E-state index is 11.6. The van der Waals surface area contributed by atoms with Gasteiger partial charge in [-0.05, 0) is 12.5 Å². The lowest BCUT2D eigenvalue weighted by Crippen LogP contribution is -2.22. The lowest BCUT2D eigenvalue weighted by Gasteiger charge is -2.03. The number of carbonyl (C=O) groups excluding carboxylic acids is 1. The van der Waals surface area contributed by atoms with Crippen molar-refractivity contribution in [2.75, 3.05) is 0 Å². The first-order chi connectivity index (χ1) is 7.75. The van der Waals surface area contributed by atoms with E-state index in [1.54, 1.807) is 11.6 Å². The minimum Gasteiger partial charge on any atom is -0.346 e. The quantitative estimate of drug-likeness (QED) is 0.882. The van der Waals surface area contributed by atoms with Crippen LogP contribution in [0.5, 0.6) is 0 Å². The Labute approximate surface area is 98.2 Å². The van der Waals surface area contributed by atoms with E-state index in [2.05, 4.69) is 10.3 Å². The Morgan fingerprint density at radius 1 is 1.38 bits per heavy atom. The smallest absolute Gasteiger partial charge is 0.280 e. The number of hydrogen-bond donors (Lipinski definition) is 1. The average molecular weight is 232 g/mol. The van der Waals surface area contributed by atoms with Gasteiger partial charge in [0.25, 0.3) is 5.91 Å². The molecule has 0 radical (unpaired) electrons. The molecule has 2 aromatic rings. The Bertz CT molecular complexity index is 462. The molecule has 0 saturated heterocycles. The molecule has 2 rings (SSSR count). The van der Waals surface area contributed by atoms with Gasteiger partial charge in [0, 0.05) is 18.1 Å². The maximum Gasteiger partial charge on any atom is 0.280 e. The molecule has 0 aliphatic heterocycles. The third kappa shape index (κ3) is 2.67. The fourth-order valence-corrected chi connectivity index (χ4v) is 1.85. The number of amides is 1. The summed E-state index contributed by atoms with van der Waals surface area (Å²) in [5.74, 6) is -0.115. The lowest BCUT2D eigenvalue weighted by atomic mass is 10.1. The van der Waals surface area contributed by atoms with Gasteiger partial charge in [-0.3, -0.25) is 4.79 Å². The van der Waals surface area contributed by atoms with Crippen molar-refractivity contribution in [3.63, 3.8) is 0 Å². The van der Waals surface area contributed by atoms with Crippen LogP contribution in [0, 0.1) is 6.92 Å². The van der Waals surface area contributed by atoms with Gasteiger partial charge < -0.3 is 5.32 Å². The lowest BCUT2D eigenvalue weighted by molar-refractivity contribution is 0.0950. The van der Waals surface area contributed by atoms with Crippen LogP contribution in [0.3, 0.4) is 0 Å². The second kappa shape index (κ2) is 4.90. The minimum absolute atomic E-state index is 0.115. The fourth-order valence-electron chi connectivity index (χ4n) is 1.30. The van der Waals surface area contributed by atoms with Gasteiger partial charge in [0.1, 0.15) is 0 Å². The van der Waals surface area contributed by atoms with Gasteiger partial charge in [0.15, 0.2) is 5.01 Å². The normalized spacial score (nSPS) is 10.1. The number of carbonyl (C=O) groups is 1. The summed E-state index contributed by atoms with van der Waals surface area (Å²) in [4.78, 5) is 15.5. The topological polar surface area (TPSA) is 42.0 Å². The number of thiazole rings is 1. The SMILES string of the molecule is Cc1ccc(CNC(=O)c2nccs2)cc1. The molecule has 0 bridgehead atoms. The van der Waals surface area contributed by atoms with Crippen molar-refractivity contribution < 1.29 is 4.79 Å². The van der Waals surface area contributed by atoms with E-state index >= 15 is 0 Å². The molecule has 0 unspecified atom stereocenters. The molecule has 0 atom stereocenters. The molecule has 0 fully saturated rings. The number of hydrogen-bond acceptors (Lipinski definition) is 3. The van der Waals surface area contributed by atoms with Crippen molar-refractivity contribution in [3.8, 4) is 0 Å². The molecule has 4 heteroatoms. The minimum atomic E-state index is -0.115. The van der Waals surface area contributed by atoms with Crippen LogP contribution < -0.4 is 5.32 Å². The van der Waals surface area contributed by atoms with E-state index < -0.39 is 0 Å². The van der Waals surface area contributed by atoms with Gasteiger partial charge in [-0.2, -0.15) is 0 Å². The highest BCUT2D eigenvalue weighted by atomic mass is 32.1. The summed E-state index contributed by atoms with van der Waals surface area (Å²) in [7, 11) is 0. The van der Waals surface area contributed by atoms with Crippen molar-refractivity contribution in [1.29, 1.82) is 0 Å². The molecule has 0 aliphatic rings. The van der Waals surface area contributed by atoms with Gasteiger partial charge >= 0.3 is 0 Å². The molecule has 1 N–H and O–H groups in total. The van der Waals surface area contributed by atoms with Crippen molar-refractivity contribution in [2.45, 2.75) is 13.5 Å². The zero-order valence-electron chi connectivity index (χ0n) is 8.93. The van der Waals surface area contributed by atoms with Gasteiger partial charge in [0.05, 0.1) is 0 Å². The monoisotopic (exact) mass is 232 g/mol. The number of aromatic nitrogens is 1. The van der Waals surface area contributed by atoms with Gasteiger partial charge in [0.2, 0.25) is 0 Å². The summed E-state index contributed by atoms with van der Waals surface area (Å²) in [5, 5.41) is 5.13. The fraction of sp³-hybridized carbons (Fsp3) is 0.167. The van der Waals surface area contributed by atoms with Crippen LogP contribution in [0.15, 0.2) is 35.8 Å². The van der Waals surface area contributed by atoms with Crippen LogP contribution in [0.1, 0.15) is 20.9 Å². The molecule has 82 valence electrons. The van der Waals surface area contributed by atoms with Gasteiger partial charge in [-0.15, -0.1) is 11.3 Å². The highest BCUT2D eigenvalue weighted by Gasteiger charge is 2.06. The van der Waals surface area contributed by atoms with Crippen molar-refractivity contribution in [1.82, 2.24) is 10.3 Å². The van der Waals surface area contributed by atoms with E-state index in [0.717, 1.165) is 5.56 Å². The zero-order chi connectivity index (χ0) is 11.4. The summed E-state index contributed by atoms with van der Waals surface area (Å²) >= 11 is 1.35. The highest BCUT2D eigenvalue weighted by Crippen LogP contribution is 2.05. The van der Waals surface area contributed by atoms with E-state index in [4.69, 9.17) is 0 Å². The Kier molecular flexibility index (Phi) is 3.31. The van der Waals surface area contributed by atoms with Crippen LogP contribution in [0.25, 0.3) is 0 Å². The summed E-state index contributed by atoms with van der Waals surface area (Å²) in [5.41, 5.74) is 2.31. The number of rotatable bonds is 3. The molecule has 16 heavy (non-hydrogen) atoms. The molecule has 0 saturated carbocycles. The second-order valence-corrected chi connectivity index (χ2v) is 4.40. The van der Waals surface area contributed by atoms with Crippen LogP contribution in [-0.2, 0) is 6.54 Å². The summed E-state index contributed by atoms with van der Waals surface area (Å²) < 4.78 is 0. The van der Waals surface area contributed by atoms with E-state index in [9.17, 15) is 4.79 Å². The molecule has 0 spiro atoms. The van der Waals surface area contributed by atoms with Crippen molar-refractivity contribution >= 4 is 17.2 Å². The Balaban J connectivity index is 1.93. The van der Waals surface area contributed by atoms with Crippen LogP contribution in [0.4, 0.5) is 0 Å². The largest absolute Gasteiger partial charge is 0.346 e. The molecule has 3 nitrogen and oxygen atoms in total. The second-order valence-electron chi connectivity index (χ2n) is 3.51. The maximum atomic E-state index is 11.6. The molecule has 1 aromatic heterocycles. The van der Waals surface area contributed by atoms with Gasteiger partial charge in [-0.1, -0.05) is 29.8 Å². The molecule has 0 aliphatic carbocycles.